The van der Waals surface area contributed by atoms with E-state index in [0.29, 0.717) is 46.0 Å². The molecule has 0 bridgehead atoms. The first-order valence-corrected chi connectivity index (χ1v) is 12.2. The molecule has 5 rings (SSSR count). The van der Waals surface area contributed by atoms with Crippen LogP contribution in [-0.4, -0.2) is 35.4 Å². The maximum Gasteiger partial charge on any atom is 0.163 e. The number of rotatable bonds is 7. The zero-order valence-corrected chi connectivity index (χ0v) is 21.1. The monoisotopic (exact) mass is 504 g/mol. The van der Waals surface area contributed by atoms with Crippen LogP contribution in [0.5, 0.6) is 11.5 Å². The predicted molar refractivity (Wildman–Crippen MR) is 135 cm³/mol. The number of carbonyl (C=O) groups is 2. The Bertz CT molecular complexity index is 1410. The van der Waals surface area contributed by atoms with Crippen LogP contribution in [0.3, 0.4) is 0 Å². The van der Waals surface area contributed by atoms with Crippen molar-refractivity contribution in [3.05, 3.63) is 76.2 Å². The molecule has 192 valence electrons. The summed E-state index contributed by atoms with van der Waals surface area (Å²) in [6.45, 7) is 3.68. The van der Waals surface area contributed by atoms with Gasteiger partial charge in [0.25, 0.3) is 0 Å². The predicted octanol–water partition coefficient (Wildman–Crippen LogP) is 4.00. The molecule has 2 heterocycles. The lowest BCUT2D eigenvalue weighted by Gasteiger charge is -2.25. The summed E-state index contributed by atoms with van der Waals surface area (Å²) in [6, 6.07) is 11.0. The fourth-order valence-corrected chi connectivity index (χ4v) is 4.99. The smallest absolute Gasteiger partial charge is 0.163 e. The maximum atomic E-state index is 13.6. The molecule has 1 aliphatic carbocycles. The van der Waals surface area contributed by atoms with Crippen molar-refractivity contribution in [2.24, 2.45) is 5.73 Å². The molecule has 0 spiro atoms. The minimum absolute atomic E-state index is 0.0456. The van der Waals surface area contributed by atoms with Crippen LogP contribution < -0.4 is 15.2 Å². The molecule has 2 aliphatic rings. The van der Waals surface area contributed by atoms with Crippen molar-refractivity contribution in [2.45, 2.75) is 50.7 Å². The fraction of sp³-hybridized carbons (Fsp3) is 0.345. The quantitative estimate of drug-likeness (QED) is 0.468. The normalized spacial score (nSPS) is 19.7. The summed E-state index contributed by atoms with van der Waals surface area (Å²) < 4.78 is 24.8. The van der Waals surface area contributed by atoms with Crippen LogP contribution in [0.1, 0.15) is 59.4 Å². The van der Waals surface area contributed by atoms with Gasteiger partial charge in [-0.05, 0) is 68.3 Å². The summed E-state index contributed by atoms with van der Waals surface area (Å²) in [7, 11) is 1.52. The summed E-state index contributed by atoms with van der Waals surface area (Å²) >= 11 is 0. The van der Waals surface area contributed by atoms with Crippen molar-refractivity contribution in [3.63, 3.8) is 0 Å². The number of benzene rings is 2. The van der Waals surface area contributed by atoms with Crippen LogP contribution in [0.4, 0.5) is 4.39 Å². The van der Waals surface area contributed by atoms with E-state index in [2.05, 4.69) is 0 Å². The Balaban J connectivity index is 1.44. The minimum Gasteiger partial charge on any atom is -0.496 e. The average Bonchev–Trinajstić information content (AvgIpc) is 3.40. The van der Waals surface area contributed by atoms with Crippen LogP contribution in [-0.2, 0) is 28.8 Å². The average molecular weight is 505 g/mol. The molecular formula is C29H29FN2O5. The van der Waals surface area contributed by atoms with Gasteiger partial charge < -0.3 is 20.3 Å². The molecule has 2 unspecified atom stereocenters. The number of hydrogen-bond donors (Lipinski definition) is 2. The molecule has 0 saturated heterocycles. The number of carbonyl (C=O) groups excluding carboxylic acids is 2. The molecule has 1 aliphatic heterocycles. The molecule has 37 heavy (non-hydrogen) atoms. The van der Waals surface area contributed by atoms with Gasteiger partial charge in [0.2, 0.25) is 0 Å². The Morgan fingerprint density at radius 2 is 1.97 bits per heavy atom. The van der Waals surface area contributed by atoms with E-state index in [1.807, 2.05) is 6.92 Å². The molecule has 8 heteroatoms. The van der Waals surface area contributed by atoms with Crippen molar-refractivity contribution in [1.82, 2.24) is 4.98 Å². The second kappa shape index (κ2) is 9.04. The molecule has 3 aromatic rings. The number of aromatic nitrogens is 1. The molecule has 0 saturated carbocycles. The lowest BCUT2D eigenvalue weighted by atomic mass is 9.87. The number of nitrogens with zero attached hydrogens (tertiary/aromatic N) is 1. The van der Waals surface area contributed by atoms with Crippen molar-refractivity contribution in [3.8, 4) is 22.8 Å². The zero-order chi connectivity index (χ0) is 26.5. The SMILES string of the molecule is COc1cc(C(=O)CCC(C)(O)c2cc3c(c(-c4ccc(F)cc4)n2)OCC3(C)N)cc2c1CC(=O)C2. The molecular weight excluding hydrogens is 475 g/mol. The Hall–Kier alpha value is -3.62. The molecule has 0 radical (unpaired) electrons. The summed E-state index contributed by atoms with van der Waals surface area (Å²) in [5, 5.41) is 11.5. The molecule has 2 aromatic carbocycles. The van der Waals surface area contributed by atoms with Crippen molar-refractivity contribution in [2.75, 3.05) is 13.7 Å². The number of fused-ring (bicyclic) bond motifs is 2. The van der Waals surface area contributed by atoms with E-state index in [1.54, 1.807) is 37.3 Å². The largest absolute Gasteiger partial charge is 0.496 e. The lowest BCUT2D eigenvalue weighted by molar-refractivity contribution is -0.117. The number of hydrogen-bond acceptors (Lipinski definition) is 7. The van der Waals surface area contributed by atoms with E-state index in [9.17, 15) is 19.1 Å². The number of methoxy groups -OCH3 is 1. The van der Waals surface area contributed by atoms with Crippen molar-refractivity contribution >= 4 is 11.6 Å². The van der Waals surface area contributed by atoms with E-state index >= 15 is 0 Å². The van der Waals surface area contributed by atoms with Gasteiger partial charge in [0.05, 0.1) is 18.3 Å². The zero-order valence-electron chi connectivity index (χ0n) is 21.1. The van der Waals surface area contributed by atoms with Gasteiger partial charge in [-0.1, -0.05) is 0 Å². The van der Waals surface area contributed by atoms with E-state index in [0.717, 1.165) is 11.1 Å². The van der Waals surface area contributed by atoms with Gasteiger partial charge in [0, 0.05) is 41.5 Å². The summed E-state index contributed by atoms with van der Waals surface area (Å²) in [4.78, 5) is 29.7. The van der Waals surface area contributed by atoms with Gasteiger partial charge in [-0.2, -0.15) is 0 Å². The third-order valence-corrected chi connectivity index (χ3v) is 7.22. The molecule has 0 fully saturated rings. The number of aliphatic hydroxyl groups is 1. The van der Waals surface area contributed by atoms with Gasteiger partial charge in [-0.3, -0.25) is 9.59 Å². The van der Waals surface area contributed by atoms with Crippen LogP contribution in [0, 0.1) is 5.82 Å². The molecule has 3 N–H and O–H groups in total. The van der Waals surface area contributed by atoms with E-state index in [1.165, 1.54) is 19.2 Å². The second-order valence-electron chi connectivity index (χ2n) is 10.4. The fourth-order valence-electron chi connectivity index (χ4n) is 4.99. The Morgan fingerprint density at radius 3 is 2.68 bits per heavy atom. The second-order valence-corrected chi connectivity index (χ2v) is 10.4. The van der Waals surface area contributed by atoms with E-state index in [4.69, 9.17) is 20.2 Å². The minimum atomic E-state index is -1.46. The van der Waals surface area contributed by atoms with Crippen LogP contribution in [0.15, 0.2) is 42.5 Å². The number of pyridine rings is 1. The van der Waals surface area contributed by atoms with Crippen LogP contribution in [0.2, 0.25) is 0 Å². The number of nitrogens with two attached hydrogens (primary N) is 1. The Kier molecular flexibility index (Phi) is 6.12. The maximum absolute atomic E-state index is 13.6. The van der Waals surface area contributed by atoms with Gasteiger partial charge in [0.1, 0.15) is 35.3 Å². The lowest BCUT2D eigenvalue weighted by Crippen LogP contribution is -2.35. The topological polar surface area (TPSA) is 112 Å². The first kappa shape index (κ1) is 25.0. The molecule has 7 nitrogen and oxygen atoms in total. The number of ketones is 2. The number of halogens is 1. The highest BCUT2D eigenvalue weighted by Crippen LogP contribution is 2.44. The summed E-state index contributed by atoms with van der Waals surface area (Å²) in [5.74, 6) is 0.583. The van der Waals surface area contributed by atoms with Gasteiger partial charge in [-0.25, -0.2) is 9.37 Å². The highest BCUT2D eigenvalue weighted by atomic mass is 19.1. The summed E-state index contributed by atoms with van der Waals surface area (Å²) in [6.07, 6.45) is 0.742. The molecule has 1 aromatic heterocycles. The standard InChI is InChI=1S/C29H29FN2O5/c1-28(31)15-37-27-22(28)14-25(32-26(27)16-4-6-19(30)7-5-16)29(2,35)9-8-23(34)18-10-17-11-20(33)13-21(17)24(12-18)36-3/h4-7,10,12,14,35H,8-9,11,13,15,31H2,1-3H3. The molecule has 2 atom stereocenters. The van der Waals surface area contributed by atoms with E-state index in [-0.39, 0.29) is 43.3 Å². The third kappa shape index (κ3) is 4.63. The van der Waals surface area contributed by atoms with Gasteiger partial charge in [0.15, 0.2) is 11.5 Å². The van der Waals surface area contributed by atoms with Crippen molar-refractivity contribution in [1.29, 1.82) is 0 Å². The van der Waals surface area contributed by atoms with E-state index < -0.39 is 11.1 Å². The van der Waals surface area contributed by atoms with Crippen molar-refractivity contribution < 1.29 is 28.6 Å². The Morgan fingerprint density at radius 1 is 1.24 bits per heavy atom. The van der Waals surface area contributed by atoms with Crippen LogP contribution in [0.25, 0.3) is 11.3 Å². The first-order valence-electron chi connectivity index (χ1n) is 12.2. The first-order chi connectivity index (χ1) is 17.5. The number of Topliss-reactive ketones (excluding diaryl/α,β-unsaturated/α-hetero) is 2. The highest BCUT2D eigenvalue weighted by molar-refractivity contribution is 5.98. The molecule has 0 amide bonds. The van der Waals surface area contributed by atoms with Crippen LogP contribution >= 0.6 is 0 Å². The Labute approximate surface area is 214 Å². The third-order valence-electron chi connectivity index (χ3n) is 7.22. The highest BCUT2D eigenvalue weighted by Gasteiger charge is 2.38. The van der Waals surface area contributed by atoms with Gasteiger partial charge >= 0.3 is 0 Å². The number of ether oxygens (including phenoxy) is 2. The van der Waals surface area contributed by atoms with Gasteiger partial charge in [-0.15, -0.1) is 0 Å². The summed E-state index contributed by atoms with van der Waals surface area (Å²) in [5.41, 5.74) is 8.42.